The van der Waals surface area contributed by atoms with Crippen LogP contribution in [0, 0.1) is 0 Å². The second-order valence-electron chi connectivity index (χ2n) is 4.81. The smallest absolute Gasteiger partial charge is 0.0604 e. The first-order chi connectivity index (χ1) is 7.47. The molecular formula is C12H24N2S. The van der Waals surface area contributed by atoms with Crippen LogP contribution in [0.3, 0.4) is 0 Å². The summed E-state index contributed by atoms with van der Waals surface area (Å²) in [5.41, 5.74) is 3.51. The first kappa shape index (κ1) is 11.7. The zero-order valence-corrected chi connectivity index (χ0v) is 10.5. The van der Waals surface area contributed by atoms with E-state index in [0.29, 0.717) is 0 Å². The summed E-state index contributed by atoms with van der Waals surface area (Å²) in [5, 5.41) is 2.49. The van der Waals surface area contributed by atoms with Crippen molar-refractivity contribution in [2.45, 2.75) is 63.8 Å². The van der Waals surface area contributed by atoms with Gasteiger partial charge in [0, 0.05) is 6.04 Å². The lowest BCUT2D eigenvalue weighted by molar-refractivity contribution is 0.154. The number of hydrogen-bond donors (Lipinski definition) is 1. The van der Waals surface area contributed by atoms with Gasteiger partial charge in [-0.1, -0.05) is 44.9 Å². The second kappa shape index (κ2) is 6.77. The summed E-state index contributed by atoms with van der Waals surface area (Å²) >= 11 is 2.01. The molecule has 15 heavy (non-hydrogen) atoms. The normalized spacial score (nSPS) is 28.0. The van der Waals surface area contributed by atoms with Crippen LogP contribution < -0.4 is 5.43 Å². The molecule has 2 aliphatic rings. The third-order valence-electron chi connectivity index (χ3n) is 3.62. The molecule has 1 saturated heterocycles. The molecule has 1 heterocycles. The van der Waals surface area contributed by atoms with Crippen molar-refractivity contribution in [3.63, 3.8) is 0 Å². The van der Waals surface area contributed by atoms with E-state index < -0.39 is 0 Å². The summed E-state index contributed by atoms with van der Waals surface area (Å²) in [6.45, 7) is 0. The van der Waals surface area contributed by atoms with Gasteiger partial charge in [0.15, 0.2) is 0 Å². The number of hydrazine groups is 1. The molecule has 0 unspecified atom stereocenters. The van der Waals surface area contributed by atoms with Crippen LogP contribution in [0.4, 0.5) is 0 Å². The Morgan fingerprint density at radius 2 is 1.47 bits per heavy atom. The van der Waals surface area contributed by atoms with Gasteiger partial charge in [-0.3, -0.25) is 0 Å². The monoisotopic (exact) mass is 228 g/mol. The summed E-state index contributed by atoms with van der Waals surface area (Å²) in [7, 11) is 0. The van der Waals surface area contributed by atoms with E-state index in [4.69, 9.17) is 0 Å². The van der Waals surface area contributed by atoms with Crippen molar-refractivity contribution in [3.8, 4) is 0 Å². The van der Waals surface area contributed by atoms with Crippen molar-refractivity contribution in [1.29, 1.82) is 0 Å². The zero-order chi connectivity index (χ0) is 10.3. The molecule has 0 atom stereocenters. The minimum Gasteiger partial charge on any atom is -0.244 e. The average Bonchev–Trinajstić information content (AvgIpc) is 2.79. The molecule has 0 radical (unpaired) electrons. The highest BCUT2D eigenvalue weighted by Gasteiger charge is 2.21. The lowest BCUT2D eigenvalue weighted by atomic mass is 9.97. The highest BCUT2D eigenvalue weighted by molar-refractivity contribution is 7.99. The Balaban J connectivity index is 1.78. The first-order valence-corrected chi connectivity index (χ1v) is 7.70. The maximum absolute atomic E-state index is 3.51. The van der Waals surface area contributed by atoms with E-state index in [1.807, 2.05) is 11.8 Å². The number of nitrogens with one attached hydrogen (secondary N) is 1. The molecule has 0 amide bonds. The van der Waals surface area contributed by atoms with Crippen LogP contribution in [0.15, 0.2) is 0 Å². The van der Waals surface area contributed by atoms with E-state index >= 15 is 0 Å². The molecule has 3 heteroatoms. The van der Waals surface area contributed by atoms with Crippen LogP contribution in [-0.4, -0.2) is 22.8 Å². The lowest BCUT2D eigenvalue weighted by Gasteiger charge is -2.27. The van der Waals surface area contributed by atoms with E-state index in [1.165, 1.54) is 63.7 Å². The molecule has 2 fully saturated rings. The maximum atomic E-state index is 3.51. The van der Waals surface area contributed by atoms with E-state index in [0.717, 1.165) is 11.9 Å². The Bertz CT molecular complexity index is 159. The Hall–Kier alpha value is 0.270. The summed E-state index contributed by atoms with van der Waals surface area (Å²) in [4.78, 5) is 0. The Morgan fingerprint density at radius 1 is 0.867 bits per heavy atom. The van der Waals surface area contributed by atoms with E-state index in [-0.39, 0.29) is 0 Å². The molecule has 1 aliphatic carbocycles. The predicted molar refractivity (Wildman–Crippen MR) is 67.6 cm³/mol. The SMILES string of the molecule is C1CCCCC(N2CSCN2)CCCC1. The fraction of sp³-hybridized carbons (Fsp3) is 1.00. The van der Waals surface area contributed by atoms with Gasteiger partial charge in [-0.2, -0.15) is 0 Å². The first-order valence-electron chi connectivity index (χ1n) is 6.55. The zero-order valence-electron chi connectivity index (χ0n) is 9.71. The van der Waals surface area contributed by atoms with Crippen LogP contribution in [0.5, 0.6) is 0 Å². The molecule has 1 N–H and O–H groups in total. The van der Waals surface area contributed by atoms with E-state index in [2.05, 4.69) is 10.4 Å². The molecule has 2 rings (SSSR count). The number of hydrogen-bond acceptors (Lipinski definition) is 3. The van der Waals surface area contributed by atoms with Crippen LogP contribution in [0.1, 0.15) is 57.8 Å². The van der Waals surface area contributed by atoms with Crippen molar-refractivity contribution in [3.05, 3.63) is 0 Å². The quantitative estimate of drug-likeness (QED) is 0.741. The number of thioether (sulfide) groups is 1. The molecule has 2 nitrogen and oxygen atoms in total. The minimum atomic E-state index is 0.818. The van der Waals surface area contributed by atoms with E-state index in [1.54, 1.807) is 0 Å². The lowest BCUT2D eigenvalue weighted by Crippen LogP contribution is -2.40. The molecule has 0 aromatic carbocycles. The van der Waals surface area contributed by atoms with Gasteiger partial charge in [-0.05, 0) is 12.8 Å². The second-order valence-corrected chi connectivity index (χ2v) is 5.77. The maximum Gasteiger partial charge on any atom is 0.0604 e. The highest BCUT2D eigenvalue weighted by Crippen LogP contribution is 2.23. The summed E-state index contributed by atoms with van der Waals surface area (Å²) in [6.07, 6.45) is 13.0. The van der Waals surface area contributed by atoms with Gasteiger partial charge in [0.1, 0.15) is 0 Å². The average molecular weight is 228 g/mol. The molecule has 1 saturated carbocycles. The van der Waals surface area contributed by atoms with Crippen molar-refractivity contribution in [2.75, 3.05) is 11.8 Å². The standard InChI is InChI=1S/C12H24N2S/c1-2-4-6-8-12(9-7-5-3-1)14-11-15-10-13-14/h12-13H,1-11H2. The van der Waals surface area contributed by atoms with Crippen LogP contribution in [0.2, 0.25) is 0 Å². The summed E-state index contributed by atoms with van der Waals surface area (Å²) in [6, 6.07) is 0.818. The van der Waals surface area contributed by atoms with Gasteiger partial charge in [0.2, 0.25) is 0 Å². The van der Waals surface area contributed by atoms with Gasteiger partial charge in [-0.15, -0.1) is 11.8 Å². The molecule has 0 aromatic rings. The van der Waals surface area contributed by atoms with Gasteiger partial charge in [0.25, 0.3) is 0 Å². The molecule has 0 spiro atoms. The molecule has 88 valence electrons. The van der Waals surface area contributed by atoms with Crippen molar-refractivity contribution in [1.82, 2.24) is 10.4 Å². The predicted octanol–water partition coefficient (Wildman–Crippen LogP) is 3.35. The molecule has 0 aromatic heterocycles. The van der Waals surface area contributed by atoms with Crippen molar-refractivity contribution < 1.29 is 0 Å². The molecular weight excluding hydrogens is 204 g/mol. The van der Waals surface area contributed by atoms with Gasteiger partial charge in [0.05, 0.1) is 11.8 Å². The molecule has 1 aliphatic heterocycles. The minimum absolute atomic E-state index is 0.818. The van der Waals surface area contributed by atoms with Crippen LogP contribution in [-0.2, 0) is 0 Å². The topological polar surface area (TPSA) is 15.3 Å². The largest absolute Gasteiger partial charge is 0.244 e. The number of nitrogens with zero attached hydrogens (tertiary/aromatic N) is 1. The third-order valence-corrected chi connectivity index (χ3v) is 4.41. The highest BCUT2D eigenvalue weighted by atomic mass is 32.2. The number of rotatable bonds is 1. The van der Waals surface area contributed by atoms with Gasteiger partial charge in [-0.25, -0.2) is 10.4 Å². The van der Waals surface area contributed by atoms with Gasteiger partial charge < -0.3 is 0 Å². The fourth-order valence-electron chi connectivity index (χ4n) is 2.65. The Kier molecular flexibility index (Phi) is 5.30. The Labute approximate surface area is 98.1 Å². The third kappa shape index (κ3) is 3.97. The van der Waals surface area contributed by atoms with Crippen LogP contribution >= 0.6 is 11.8 Å². The van der Waals surface area contributed by atoms with Crippen LogP contribution in [0.25, 0.3) is 0 Å². The van der Waals surface area contributed by atoms with Crippen molar-refractivity contribution >= 4 is 11.8 Å². The summed E-state index contributed by atoms with van der Waals surface area (Å²) in [5.74, 6) is 2.32. The Morgan fingerprint density at radius 3 is 2.00 bits per heavy atom. The molecule has 0 bridgehead atoms. The fourth-order valence-corrected chi connectivity index (χ4v) is 3.50. The van der Waals surface area contributed by atoms with Crippen molar-refractivity contribution in [2.24, 2.45) is 0 Å². The van der Waals surface area contributed by atoms with E-state index in [9.17, 15) is 0 Å². The summed E-state index contributed by atoms with van der Waals surface area (Å²) < 4.78 is 0. The van der Waals surface area contributed by atoms with Gasteiger partial charge >= 0.3 is 0 Å².